The van der Waals surface area contributed by atoms with Gasteiger partial charge >= 0.3 is 0 Å². The Balaban J connectivity index is 1.47. The van der Waals surface area contributed by atoms with Crippen LogP contribution in [-0.4, -0.2) is 13.8 Å². The van der Waals surface area contributed by atoms with Gasteiger partial charge in [-0.05, 0) is 80.9 Å². The van der Waals surface area contributed by atoms with Gasteiger partial charge in [0.05, 0.1) is 27.6 Å². The average Bonchev–Trinajstić information content (AvgIpc) is 3.65. The molecule has 9 aromatic rings. The van der Waals surface area contributed by atoms with Gasteiger partial charge in [0.1, 0.15) is 0 Å². The second kappa shape index (κ2) is 8.18. The van der Waals surface area contributed by atoms with Gasteiger partial charge in [-0.1, -0.05) is 98.8 Å². The van der Waals surface area contributed by atoms with Crippen LogP contribution in [0.1, 0.15) is 25.3 Å². The molecule has 0 atom stereocenters. The highest BCUT2D eigenvalue weighted by Gasteiger charge is 2.23. The molecular formula is C38H27N3. The number of rotatable bonds is 3. The molecule has 0 unspecified atom stereocenters. The maximum absolute atomic E-state index is 5.16. The summed E-state index contributed by atoms with van der Waals surface area (Å²) >= 11 is 0. The van der Waals surface area contributed by atoms with E-state index in [1.54, 1.807) is 0 Å². The summed E-state index contributed by atoms with van der Waals surface area (Å²) in [5.41, 5.74) is 12.1. The van der Waals surface area contributed by atoms with Gasteiger partial charge in [-0.2, -0.15) is 0 Å². The van der Waals surface area contributed by atoms with Gasteiger partial charge in [-0.15, -0.1) is 0 Å². The molecule has 0 aliphatic heterocycles. The Bertz CT molecular complexity index is 2440. The molecule has 3 heteroatoms. The summed E-state index contributed by atoms with van der Waals surface area (Å²) in [6.07, 6.45) is 0. The van der Waals surface area contributed by atoms with Gasteiger partial charge in [0, 0.05) is 10.8 Å². The number of fused-ring (bicyclic) bond motifs is 9. The molecular weight excluding hydrogens is 498 g/mol. The second-order valence-corrected chi connectivity index (χ2v) is 11.5. The van der Waals surface area contributed by atoms with Crippen LogP contribution in [0.3, 0.4) is 0 Å². The van der Waals surface area contributed by atoms with Gasteiger partial charge in [0.15, 0.2) is 0 Å². The van der Waals surface area contributed by atoms with Crippen LogP contribution < -0.4 is 0 Å². The molecule has 0 spiro atoms. The third-order valence-electron chi connectivity index (χ3n) is 8.80. The molecule has 0 saturated carbocycles. The molecule has 3 nitrogen and oxygen atoms in total. The summed E-state index contributed by atoms with van der Waals surface area (Å²) in [5.74, 6) is 1.42. The van der Waals surface area contributed by atoms with Crippen molar-refractivity contribution >= 4 is 54.9 Å². The normalized spacial score (nSPS) is 12.4. The van der Waals surface area contributed by atoms with Crippen LogP contribution in [0.15, 0.2) is 121 Å². The third kappa shape index (κ3) is 3.12. The maximum atomic E-state index is 5.16. The van der Waals surface area contributed by atoms with Gasteiger partial charge in [-0.3, -0.25) is 8.80 Å². The molecule has 194 valence electrons. The number of aromatic nitrogens is 3. The summed E-state index contributed by atoms with van der Waals surface area (Å²) in [4.78, 5) is 5.16. The fraction of sp³-hybridized carbons (Fsp3) is 0.0789. The van der Waals surface area contributed by atoms with Crippen molar-refractivity contribution in [1.29, 1.82) is 0 Å². The van der Waals surface area contributed by atoms with Crippen molar-refractivity contribution in [2.24, 2.45) is 0 Å². The molecule has 0 fully saturated rings. The zero-order valence-corrected chi connectivity index (χ0v) is 23.0. The number of benzene rings is 6. The van der Waals surface area contributed by atoms with Crippen LogP contribution in [-0.2, 0) is 0 Å². The van der Waals surface area contributed by atoms with E-state index >= 15 is 0 Å². The lowest BCUT2D eigenvalue weighted by Crippen LogP contribution is -1.92. The van der Waals surface area contributed by atoms with Crippen LogP contribution in [0.25, 0.3) is 77.2 Å². The van der Waals surface area contributed by atoms with Crippen molar-refractivity contribution in [2.45, 2.75) is 19.8 Å². The Morgan fingerprint density at radius 2 is 1.29 bits per heavy atom. The van der Waals surface area contributed by atoms with Gasteiger partial charge < -0.3 is 0 Å². The number of hydrogen-bond acceptors (Lipinski definition) is 1. The highest BCUT2D eigenvalue weighted by atomic mass is 15.2. The molecule has 9 rings (SSSR count). The zero-order valence-electron chi connectivity index (χ0n) is 23.0. The zero-order chi connectivity index (χ0) is 27.2. The molecule has 6 aromatic carbocycles. The smallest absolute Gasteiger partial charge is 0.220 e. The maximum Gasteiger partial charge on any atom is 0.220 e. The van der Waals surface area contributed by atoms with Crippen LogP contribution in [0.2, 0.25) is 0 Å². The molecule has 0 aliphatic carbocycles. The van der Waals surface area contributed by atoms with Crippen molar-refractivity contribution in [2.75, 3.05) is 0 Å². The summed E-state index contributed by atoms with van der Waals surface area (Å²) in [6, 6.07) is 44.4. The predicted octanol–water partition coefficient (Wildman–Crippen LogP) is 10.1. The van der Waals surface area contributed by atoms with Gasteiger partial charge in [0.25, 0.3) is 0 Å². The highest BCUT2D eigenvalue weighted by Crippen LogP contribution is 2.43. The molecule has 0 aliphatic rings. The van der Waals surface area contributed by atoms with E-state index in [4.69, 9.17) is 4.98 Å². The van der Waals surface area contributed by atoms with E-state index in [9.17, 15) is 0 Å². The van der Waals surface area contributed by atoms with Crippen LogP contribution in [0, 0.1) is 0 Å². The van der Waals surface area contributed by atoms with Gasteiger partial charge in [-0.25, -0.2) is 4.98 Å². The van der Waals surface area contributed by atoms with E-state index in [-0.39, 0.29) is 0 Å². The minimum absolute atomic E-state index is 0.456. The van der Waals surface area contributed by atoms with Crippen molar-refractivity contribution in [3.05, 3.63) is 127 Å². The van der Waals surface area contributed by atoms with E-state index in [1.165, 1.54) is 65.9 Å². The molecule has 41 heavy (non-hydrogen) atoms. The summed E-state index contributed by atoms with van der Waals surface area (Å²) in [7, 11) is 0. The van der Waals surface area contributed by atoms with Crippen LogP contribution in [0.4, 0.5) is 0 Å². The minimum Gasteiger partial charge on any atom is -0.277 e. The van der Waals surface area contributed by atoms with Crippen molar-refractivity contribution in [3.8, 4) is 22.3 Å². The second-order valence-electron chi connectivity index (χ2n) is 11.5. The Morgan fingerprint density at radius 3 is 2.12 bits per heavy atom. The predicted molar refractivity (Wildman–Crippen MR) is 172 cm³/mol. The Labute approximate surface area is 237 Å². The van der Waals surface area contributed by atoms with E-state index in [1.807, 2.05) is 0 Å². The fourth-order valence-electron chi connectivity index (χ4n) is 6.77. The number of hydrogen-bond donors (Lipinski definition) is 0. The van der Waals surface area contributed by atoms with E-state index in [0.717, 1.165) is 16.8 Å². The molecule has 0 amide bonds. The highest BCUT2D eigenvalue weighted by molar-refractivity contribution is 6.20. The van der Waals surface area contributed by atoms with E-state index < -0.39 is 0 Å². The Morgan fingerprint density at radius 1 is 0.537 bits per heavy atom. The van der Waals surface area contributed by atoms with E-state index in [2.05, 4.69) is 144 Å². The monoisotopic (exact) mass is 525 g/mol. The van der Waals surface area contributed by atoms with E-state index in [0.29, 0.717) is 5.92 Å². The standard InChI is InChI=1S/C38H27N3/c1-23(2)25-16-17-29(30(18-25)24-10-4-3-5-11-24)28-20-32-31-19-26-12-6-7-13-27(26)21-35(31)41-37(32)36(22-28)40-34-15-9-8-14-33(34)39-38(40)41/h3-23H,1-2H3. The first-order valence-electron chi connectivity index (χ1n) is 14.3. The third-order valence-corrected chi connectivity index (χ3v) is 8.80. The lowest BCUT2D eigenvalue weighted by Gasteiger charge is -2.15. The fourth-order valence-corrected chi connectivity index (χ4v) is 6.77. The largest absolute Gasteiger partial charge is 0.277 e. The molecule has 0 radical (unpaired) electrons. The Kier molecular flexibility index (Phi) is 4.52. The minimum atomic E-state index is 0.456. The number of nitrogens with zero attached hydrogens (tertiary/aromatic N) is 3. The molecule has 0 saturated heterocycles. The number of imidazole rings is 2. The first kappa shape index (κ1) is 22.6. The van der Waals surface area contributed by atoms with Gasteiger partial charge in [0.2, 0.25) is 5.78 Å². The first-order chi connectivity index (χ1) is 20.2. The Hall–Kier alpha value is -5.15. The van der Waals surface area contributed by atoms with Crippen LogP contribution >= 0.6 is 0 Å². The lowest BCUT2D eigenvalue weighted by atomic mass is 9.89. The quantitative estimate of drug-likeness (QED) is 0.225. The van der Waals surface area contributed by atoms with Crippen molar-refractivity contribution in [1.82, 2.24) is 13.8 Å². The lowest BCUT2D eigenvalue weighted by molar-refractivity contribution is 0.867. The summed E-state index contributed by atoms with van der Waals surface area (Å²) in [5, 5.41) is 5.03. The molecule has 0 N–H and O–H groups in total. The van der Waals surface area contributed by atoms with Crippen LogP contribution in [0.5, 0.6) is 0 Å². The van der Waals surface area contributed by atoms with Crippen molar-refractivity contribution in [3.63, 3.8) is 0 Å². The average molecular weight is 526 g/mol. The van der Waals surface area contributed by atoms with Crippen molar-refractivity contribution < 1.29 is 0 Å². The summed E-state index contributed by atoms with van der Waals surface area (Å²) in [6.45, 7) is 4.53. The summed E-state index contributed by atoms with van der Waals surface area (Å²) < 4.78 is 4.72. The number of para-hydroxylation sites is 2. The molecule has 3 heterocycles. The molecule has 3 aromatic heterocycles. The first-order valence-corrected chi connectivity index (χ1v) is 14.3. The SMILES string of the molecule is CC(C)c1ccc(-c2cc3c4cc5ccccc5cc4n4c3c(c2)n2c3ccccc3nc24)c(-c2ccccc2)c1. The molecule has 0 bridgehead atoms. The topological polar surface area (TPSA) is 21.7 Å².